The van der Waals surface area contributed by atoms with Gasteiger partial charge in [-0.2, -0.15) is 0 Å². The molecule has 0 bridgehead atoms. The number of hydrogen-bond donors (Lipinski definition) is 2. The first-order valence-corrected chi connectivity index (χ1v) is 10.9. The van der Waals surface area contributed by atoms with Gasteiger partial charge in [0.15, 0.2) is 5.76 Å². The molecule has 0 spiro atoms. The van der Waals surface area contributed by atoms with E-state index >= 15 is 0 Å². The summed E-state index contributed by atoms with van der Waals surface area (Å²) in [6.07, 6.45) is 1.06. The third-order valence-corrected chi connectivity index (χ3v) is 6.09. The molecule has 0 saturated carbocycles. The lowest BCUT2D eigenvalue weighted by molar-refractivity contribution is -0.121. The van der Waals surface area contributed by atoms with Gasteiger partial charge in [0.25, 0.3) is 0 Å². The lowest BCUT2D eigenvalue weighted by Gasteiger charge is -2.15. The number of nitrogens with one attached hydrogen (secondary N) is 2. The van der Waals surface area contributed by atoms with Gasteiger partial charge in [-0.3, -0.25) is 4.79 Å². The molecule has 0 fully saturated rings. The molecule has 0 aliphatic heterocycles. The summed E-state index contributed by atoms with van der Waals surface area (Å²) in [5.41, 5.74) is 2.58. The van der Waals surface area contributed by atoms with Gasteiger partial charge >= 0.3 is 0 Å². The molecule has 0 saturated heterocycles. The van der Waals surface area contributed by atoms with E-state index in [1.807, 2.05) is 19.1 Å². The van der Waals surface area contributed by atoms with Crippen molar-refractivity contribution < 1.29 is 17.7 Å². The number of aromatic nitrogens is 1. The zero-order valence-corrected chi connectivity index (χ0v) is 17.9. The Morgan fingerprint density at radius 2 is 1.79 bits per heavy atom. The molecule has 28 heavy (non-hydrogen) atoms. The standard InChI is InChI=1S/C20H29N3O4S/c1-13(2)12-17-6-8-18(9-7-17)14(3)22-19(24)10-11-21-28(25,26)20-15(4)23-27-16(20)5/h6-9,13-14,21H,10-12H2,1-5H3,(H,22,24)/t14-/m1/s1. The third kappa shape index (κ3) is 5.90. The smallest absolute Gasteiger partial charge is 0.245 e. The van der Waals surface area contributed by atoms with Crippen LogP contribution in [0.25, 0.3) is 0 Å². The van der Waals surface area contributed by atoms with E-state index in [0.717, 1.165) is 12.0 Å². The van der Waals surface area contributed by atoms with Crippen LogP contribution >= 0.6 is 0 Å². The average Bonchev–Trinajstić information content (AvgIpc) is 2.94. The maximum absolute atomic E-state index is 12.3. The van der Waals surface area contributed by atoms with Crippen LogP contribution < -0.4 is 10.0 Å². The minimum Gasteiger partial charge on any atom is -0.360 e. The molecule has 1 aromatic heterocycles. The number of carbonyl (C=O) groups is 1. The summed E-state index contributed by atoms with van der Waals surface area (Å²) in [6.45, 7) is 9.36. The van der Waals surface area contributed by atoms with Crippen LogP contribution in [0, 0.1) is 19.8 Å². The highest BCUT2D eigenvalue weighted by Crippen LogP contribution is 2.18. The van der Waals surface area contributed by atoms with Crippen molar-refractivity contribution in [3.63, 3.8) is 0 Å². The fourth-order valence-corrected chi connectivity index (χ4v) is 4.40. The van der Waals surface area contributed by atoms with Crippen molar-refractivity contribution in [1.29, 1.82) is 0 Å². The molecule has 2 aromatic rings. The number of carbonyl (C=O) groups excluding carboxylic acids is 1. The number of rotatable bonds is 9. The van der Waals surface area contributed by atoms with Crippen LogP contribution in [0.4, 0.5) is 0 Å². The minimum absolute atomic E-state index is 0.00171. The third-order valence-electron chi connectivity index (χ3n) is 4.38. The maximum atomic E-state index is 12.3. The molecule has 2 N–H and O–H groups in total. The van der Waals surface area contributed by atoms with Crippen molar-refractivity contribution in [2.24, 2.45) is 5.92 Å². The van der Waals surface area contributed by atoms with Crippen LogP contribution in [0.15, 0.2) is 33.7 Å². The summed E-state index contributed by atoms with van der Waals surface area (Å²) in [6, 6.07) is 8.04. The summed E-state index contributed by atoms with van der Waals surface area (Å²) < 4.78 is 32.0. The Morgan fingerprint density at radius 1 is 1.14 bits per heavy atom. The topological polar surface area (TPSA) is 101 Å². The quantitative estimate of drug-likeness (QED) is 0.665. The second-order valence-electron chi connectivity index (χ2n) is 7.43. The molecule has 1 amide bonds. The molecule has 1 aromatic carbocycles. The summed E-state index contributed by atoms with van der Waals surface area (Å²) in [5.74, 6) is 0.598. The number of aryl methyl sites for hydroxylation is 2. The van der Waals surface area contributed by atoms with E-state index < -0.39 is 10.0 Å². The van der Waals surface area contributed by atoms with Crippen LogP contribution in [0.2, 0.25) is 0 Å². The molecule has 7 nitrogen and oxygen atoms in total. The van der Waals surface area contributed by atoms with Crippen LogP contribution in [-0.4, -0.2) is 26.0 Å². The second kappa shape index (κ2) is 9.34. The Hall–Kier alpha value is -2.19. The van der Waals surface area contributed by atoms with Gasteiger partial charge < -0.3 is 9.84 Å². The van der Waals surface area contributed by atoms with Gasteiger partial charge in [0.1, 0.15) is 10.6 Å². The highest BCUT2D eigenvalue weighted by atomic mass is 32.2. The van der Waals surface area contributed by atoms with Crippen LogP contribution in [0.1, 0.15) is 55.8 Å². The van der Waals surface area contributed by atoms with E-state index in [1.54, 1.807) is 6.92 Å². The highest BCUT2D eigenvalue weighted by molar-refractivity contribution is 7.89. The van der Waals surface area contributed by atoms with E-state index in [4.69, 9.17) is 4.52 Å². The van der Waals surface area contributed by atoms with Gasteiger partial charge in [0, 0.05) is 13.0 Å². The van der Waals surface area contributed by atoms with Gasteiger partial charge in [-0.05, 0) is 44.2 Å². The Kier molecular flexibility index (Phi) is 7.37. The van der Waals surface area contributed by atoms with Crippen LogP contribution in [0.5, 0.6) is 0 Å². The molecule has 154 valence electrons. The number of sulfonamides is 1. The van der Waals surface area contributed by atoms with E-state index in [-0.39, 0.29) is 35.6 Å². The predicted molar refractivity (Wildman–Crippen MR) is 107 cm³/mol. The summed E-state index contributed by atoms with van der Waals surface area (Å²) >= 11 is 0. The molecular weight excluding hydrogens is 378 g/mol. The van der Waals surface area contributed by atoms with Crippen molar-refractivity contribution >= 4 is 15.9 Å². The number of benzene rings is 1. The second-order valence-corrected chi connectivity index (χ2v) is 9.13. The van der Waals surface area contributed by atoms with Gasteiger partial charge in [-0.25, -0.2) is 13.1 Å². The largest absolute Gasteiger partial charge is 0.360 e. The molecule has 0 aliphatic rings. The number of nitrogens with zero attached hydrogens (tertiary/aromatic N) is 1. The van der Waals surface area contributed by atoms with Crippen molar-refractivity contribution in [2.75, 3.05) is 6.54 Å². The summed E-state index contributed by atoms with van der Waals surface area (Å²) in [5, 5.41) is 6.54. The van der Waals surface area contributed by atoms with Crippen LogP contribution in [-0.2, 0) is 21.2 Å². The van der Waals surface area contributed by atoms with E-state index in [1.165, 1.54) is 12.5 Å². The lowest BCUT2D eigenvalue weighted by Crippen LogP contribution is -2.32. The van der Waals surface area contributed by atoms with Crippen molar-refractivity contribution in [3.05, 3.63) is 46.8 Å². The molecule has 1 heterocycles. The fraction of sp³-hybridized carbons (Fsp3) is 0.500. The molecule has 1 atom stereocenters. The van der Waals surface area contributed by atoms with Crippen molar-refractivity contribution in [1.82, 2.24) is 15.2 Å². The van der Waals surface area contributed by atoms with Gasteiger partial charge in [0.05, 0.1) is 6.04 Å². The normalized spacial score (nSPS) is 12.9. The van der Waals surface area contributed by atoms with Crippen molar-refractivity contribution in [2.45, 2.75) is 58.4 Å². The first-order valence-electron chi connectivity index (χ1n) is 9.41. The SMILES string of the molecule is Cc1noc(C)c1S(=O)(=O)NCCC(=O)N[C@H](C)c1ccc(CC(C)C)cc1. The highest BCUT2D eigenvalue weighted by Gasteiger charge is 2.24. The molecule has 0 radical (unpaired) electrons. The number of amides is 1. The Morgan fingerprint density at radius 3 is 2.32 bits per heavy atom. The monoisotopic (exact) mass is 407 g/mol. The summed E-state index contributed by atoms with van der Waals surface area (Å²) in [4.78, 5) is 12.2. The number of hydrogen-bond acceptors (Lipinski definition) is 5. The lowest BCUT2D eigenvalue weighted by atomic mass is 10.00. The van der Waals surface area contributed by atoms with Gasteiger partial charge in [-0.1, -0.05) is 43.3 Å². The Labute approximate surface area is 166 Å². The summed E-state index contributed by atoms with van der Waals surface area (Å²) in [7, 11) is -3.76. The average molecular weight is 408 g/mol. The first kappa shape index (κ1) is 22.1. The van der Waals surface area contributed by atoms with E-state index in [9.17, 15) is 13.2 Å². The zero-order chi connectivity index (χ0) is 20.9. The van der Waals surface area contributed by atoms with Crippen LogP contribution in [0.3, 0.4) is 0 Å². The molecule has 2 rings (SSSR count). The Balaban J connectivity index is 1.85. The molecule has 0 aliphatic carbocycles. The maximum Gasteiger partial charge on any atom is 0.245 e. The zero-order valence-electron chi connectivity index (χ0n) is 17.1. The minimum atomic E-state index is -3.76. The van der Waals surface area contributed by atoms with Crippen molar-refractivity contribution in [3.8, 4) is 0 Å². The fourth-order valence-electron chi connectivity index (χ4n) is 3.04. The Bertz CT molecular complexity index is 883. The van der Waals surface area contributed by atoms with E-state index in [0.29, 0.717) is 11.6 Å². The van der Waals surface area contributed by atoms with E-state index in [2.05, 4.69) is 41.2 Å². The molecule has 8 heteroatoms. The first-order chi connectivity index (χ1) is 13.1. The van der Waals surface area contributed by atoms with Gasteiger partial charge in [-0.15, -0.1) is 0 Å². The molecule has 0 unspecified atom stereocenters. The van der Waals surface area contributed by atoms with Gasteiger partial charge in [0.2, 0.25) is 15.9 Å². The predicted octanol–water partition coefficient (Wildman–Crippen LogP) is 3.04. The molecular formula is C20H29N3O4S.